The lowest BCUT2D eigenvalue weighted by Gasteiger charge is -2.15. The number of azide groups is 1. The van der Waals surface area contributed by atoms with Gasteiger partial charge in [0.15, 0.2) is 0 Å². The van der Waals surface area contributed by atoms with Crippen LogP contribution in [0.1, 0.15) is 0 Å². The van der Waals surface area contributed by atoms with Gasteiger partial charge in [0.05, 0.1) is 0 Å². The van der Waals surface area contributed by atoms with E-state index in [9.17, 15) is 0 Å². The summed E-state index contributed by atoms with van der Waals surface area (Å²) in [4.78, 5) is 3.02. The Labute approximate surface area is 131 Å². The van der Waals surface area contributed by atoms with Crippen LogP contribution in [0.2, 0.25) is 0 Å². The summed E-state index contributed by atoms with van der Waals surface area (Å²) in [7, 11) is 0. The molecule has 0 aliphatic carbocycles. The summed E-state index contributed by atoms with van der Waals surface area (Å²) in [6.07, 6.45) is 0. The van der Waals surface area contributed by atoms with Crippen molar-refractivity contribution in [2.24, 2.45) is 5.11 Å². The molecule has 0 aliphatic rings. The van der Waals surface area contributed by atoms with E-state index in [4.69, 9.17) is 5.53 Å². The van der Waals surface area contributed by atoms with Gasteiger partial charge in [-0.05, 0) is 43.2 Å². The van der Waals surface area contributed by atoms with Gasteiger partial charge in [-0.2, -0.15) is 0 Å². The van der Waals surface area contributed by atoms with Crippen molar-refractivity contribution >= 4 is 48.8 Å². The van der Waals surface area contributed by atoms with Crippen LogP contribution in [0.4, 0.5) is 5.69 Å². The number of hydrogen-bond acceptors (Lipinski definition) is 1. The van der Waals surface area contributed by atoms with Crippen molar-refractivity contribution in [1.82, 2.24) is 0 Å². The molecule has 0 saturated heterocycles. The van der Waals surface area contributed by atoms with Gasteiger partial charge >= 0.3 is 0 Å². The smallest absolute Gasteiger partial charge is 0.0460 e. The number of fused-ring (bicyclic) bond motifs is 2. The molecule has 106 valence electrons. The van der Waals surface area contributed by atoms with Gasteiger partial charge in [-0.15, -0.1) is 0 Å². The number of hydrogen-bond donors (Lipinski definition) is 0. The molecule has 0 amide bonds. The second-order valence-corrected chi connectivity index (χ2v) is 5.76. The zero-order valence-electron chi connectivity index (χ0n) is 12.2. The quantitative estimate of drug-likeness (QED) is 0.109. The fraction of sp³-hybridized carbons (Fsp3) is 0. The fourth-order valence-corrected chi connectivity index (χ4v) is 3.77. The summed E-state index contributed by atoms with van der Waals surface area (Å²) in [6.45, 7) is 0. The molecular weight excluding hydrogens is 282 g/mol. The molecule has 0 aromatic heterocycles. The largest absolute Gasteiger partial charge is 0.0610 e. The topological polar surface area (TPSA) is 48.8 Å². The van der Waals surface area contributed by atoms with E-state index in [2.05, 4.69) is 64.6 Å². The Morgan fingerprint density at radius 2 is 1.22 bits per heavy atom. The van der Waals surface area contributed by atoms with Gasteiger partial charge in [0.2, 0.25) is 0 Å². The van der Waals surface area contributed by atoms with Crippen LogP contribution in [0.3, 0.4) is 0 Å². The third-order valence-corrected chi connectivity index (χ3v) is 4.64. The minimum absolute atomic E-state index is 0.689. The van der Waals surface area contributed by atoms with E-state index < -0.39 is 0 Å². The zero-order chi connectivity index (χ0) is 15.4. The lowest BCUT2D eigenvalue weighted by molar-refractivity contribution is 1.53. The van der Waals surface area contributed by atoms with Gasteiger partial charge in [0.1, 0.15) is 0 Å². The SMILES string of the molecule is [N-]=[N+]=Nc1ccc2cccc3c4cccc5cccc(c1c23)c54. The third kappa shape index (κ3) is 1.52. The molecule has 0 atom stereocenters. The van der Waals surface area contributed by atoms with Gasteiger partial charge < -0.3 is 0 Å². The molecule has 0 spiro atoms. The molecule has 0 aliphatic heterocycles. The molecule has 0 radical (unpaired) electrons. The molecule has 0 heterocycles. The van der Waals surface area contributed by atoms with Crippen molar-refractivity contribution in [3.63, 3.8) is 0 Å². The lowest BCUT2D eigenvalue weighted by Crippen LogP contribution is -1.86. The van der Waals surface area contributed by atoms with Crippen molar-refractivity contribution in [3.05, 3.63) is 77.2 Å². The van der Waals surface area contributed by atoms with E-state index in [-0.39, 0.29) is 0 Å². The number of nitrogens with zero attached hydrogens (tertiary/aromatic N) is 3. The van der Waals surface area contributed by atoms with Crippen LogP contribution in [0.5, 0.6) is 0 Å². The average Bonchev–Trinajstić information content (AvgIpc) is 2.60. The van der Waals surface area contributed by atoms with Crippen LogP contribution >= 0.6 is 0 Å². The highest BCUT2D eigenvalue weighted by molar-refractivity contribution is 6.34. The number of benzene rings is 5. The molecular formula is C20H11N3. The van der Waals surface area contributed by atoms with Crippen LogP contribution < -0.4 is 0 Å². The highest BCUT2D eigenvalue weighted by Gasteiger charge is 2.14. The Kier molecular flexibility index (Phi) is 2.32. The molecule has 23 heavy (non-hydrogen) atoms. The molecule has 5 rings (SSSR count). The van der Waals surface area contributed by atoms with Crippen LogP contribution in [0.15, 0.2) is 71.8 Å². The summed E-state index contributed by atoms with van der Waals surface area (Å²) in [6, 6.07) is 23.0. The van der Waals surface area contributed by atoms with Crippen molar-refractivity contribution in [2.75, 3.05) is 0 Å². The predicted octanol–water partition coefficient (Wildman–Crippen LogP) is 6.68. The van der Waals surface area contributed by atoms with Crippen LogP contribution in [-0.2, 0) is 0 Å². The number of rotatable bonds is 1. The van der Waals surface area contributed by atoms with Gasteiger partial charge in [0.25, 0.3) is 0 Å². The van der Waals surface area contributed by atoms with Crippen molar-refractivity contribution < 1.29 is 0 Å². The average molecular weight is 293 g/mol. The standard InChI is InChI=1S/C20H11N3/c21-23-22-17-11-10-13-6-2-8-15-14-7-1-4-12-5-3-9-16(18(12)14)20(17)19(13)15/h1-11H. The normalized spacial score (nSPS) is 11.5. The van der Waals surface area contributed by atoms with Crippen LogP contribution in [0, 0.1) is 0 Å². The van der Waals surface area contributed by atoms with E-state index in [1.807, 2.05) is 12.1 Å². The van der Waals surface area contributed by atoms with E-state index >= 15 is 0 Å². The van der Waals surface area contributed by atoms with E-state index in [0.717, 1.165) is 10.8 Å². The summed E-state index contributed by atoms with van der Waals surface area (Å²) in [5, 5.41) is 13.4. The highest BCUT2D eigenvalue weighted by atomic mass is 15.1. The monoisotopic (exact) mass is 293 g/mol. The molecule has 0 unspecified atom stereocenters. The minimum Gasteiger partial charge on any atom is -0.0610 e. The summed E-state index contributed by atoms with van der Waals surface area (Å²) in [5.41, 5.74) is 9.64. The Balaban J connectivity index is 2.27. The third-order valence-electron chi connectivity index (χ3n) is 4.64. The van der Waals surface area contributed by atoms with E-state index in [0.29, 0.717) is 5.69 Å². The molecule has 0 bridgehead atoms. The maximum atomic E-state index is 8.95. The molecule has 3 heteroatoms. The lowest BCUT2D eigenvalue weighted by atomic mass is 9.89. The highest BCUT2D eigenvalue weighted by Crippen LogP contribution is 2.43. The Bertz CT molecular complexity index is 1260. The first-order chi connectivity index (χ1) is 11.4. The maximum Gasteiger partial charge on any atom is 0.0460 e. The first-order valence-electron chi connectivity index (χ1n) is 7.52. The zero-order valence-corrected chi connectivity index (χ0v) is 12.2. The minimum atomic E-state index is 0.689. The van der Waals surface area contributed by atoms with Gasteiger partial charge in [-0.1, -0.05) is 71.8 Å². The predicted molar refractivity (Wildman–Crippen MR) is 96.5 cm³/mol. The molecule has 0 N–H and O–H groups in total. The van der Waals surface area contributed by atoms with E-state index in [1.165, 1.54) is 32.3 Å². The second-order valence-electron chi connectivity index (χ2n) is 5.76. The molecule has 0 fully saturated rings. The van der Waals surface area contributed by atoms with Crippen LogP contribution in [0.25, 0.3) is 53.5 Å². The maximum absolute atomic E-state index is 8.95. The summed E-state index contributed by atoms with van der Waals surface area (Å²) < 4.78 is 0. The first-order valence-corrected chi connectivity index (χ1v) is 7.52. The van der Waals surface area contributed by atoms with E-state index in [1.54, 1.807) is 0 Å². The van der Waals surface area contributed by atoms with Gasteiger partial charge in [0, 0.05) is 16.0 Å². The van der Waals surface area contributed by atoms with Crippen molar-refractivity contribution in [2.45, 2.75) is 0 Å². The summed E-state index contributed by atoms with van der Waals surface area (Å²) in [5.74, 6) is 0. The Morgan fingerprint density at radius 3 is 1.91 bits per heavy atom. The first kappa shape index (κ1) is 12.3. The molecule has 0 saturated carbocycles. The van der Waals surface area contributed by atoms with Gasteiger partial charge in [-0.3, -0.25) is 0 Å². The van der Waals surface area contributed by atoms with Crippen molar-refractivity contribution in [3.8, 4) is 0 Å². The molecule has 5 aromatic rings. The second kappa shape index (κ2) is 4.35. The Morgan fingerprint density at radius 1 is 0.609 bits per heavy atom. The molecule has 5 aromatic carbocycles. The van der Waals surface area contributed by atoms with Crippen molar-refractivity contribution in [1.29, 1.82) is 0 Å². The Hall–Kier alpha value is -3.29. The summed E-state index contributed by atoms with van der Waals surface area (Å²) >= 11 is 0. The van der Waals surface area contributed by atoms with Crippen LogP contribution in [-0.4, -0.2) is 0 Å². The van der Waals surface area contributed by atoms with Gasteiger partial charge in [-0.25, -0.2) is 0 Å². The molecule has 3 nitrogen and oxygen atoms in total. The fourth-order valence-electron chi connectivity index (χ4n) is 3.77.